The summed E-state index contributed by atoms with van der Waals surface area (Å²) in [6, 6.07) is 20.4. The van der Waals surface area contributed by atoms with E-state index in [0.717, 1.165) is 0 Å². The summed E-state index contributed by atoms with van der Waals surface area (Å²) >= 11 is 0. The normalized spacial score (nSPS) is 13.8. The number of nitrogens with zero attached hydrogens (tertiary/aromatic N) is 1. The molecule has 1 aromatic heterocycles. The number of rotatable bonds is 34. The van der Waals surface area contributed by atoms with Gasteiger partial charge >= 0.3 is 5.97 Å². The highest BCUT2D eigenvalue weighted by molar-refractivity contribution is 6.00. The Morgan fingerprint density at radius 2 is 0.872 bits per heavy atom. The molecule has 1 heterocycles. The van der Waals surface area contributed by atoms with Crippen molar-refractivity contribution in [2.75, 3.05) is 13.1 Å². The maximum absolute atomic E-state index is 14.9. The zero-order valence-electron chi connectivity index (χ0n) is 47.6. The summed E-state index contributed by atoms with van der Waals surface area (Å²) in [4.78, 5) is 157. The van der Waals surface area contributed by atoms with E-state index in [1.54, 1.807) is 135 Å². The van der Waals surface area contributed by atoms with Crippen molar-refractivity contribution in [3.05, 3.63) is 144 Å². The number of carbonyl (C=O) groups excluding carboxylic acids is 10. The fourth-order valence-corrected chi connectivity index (χ4v) is 9.16. The van der Waals surface area contributed by atoms with Crippen LogP contribution in [0, 0.1) is 5.92 Å². The number of aliphatic carboxylic acids is 1. The van der Waals surface area contributed by atoms with Gasteiger partial charge in [0.1, 0.15) is 48.3 Å². The SMILES string of the molecule is CC(C)[C@H](NC(=O)[C@H](Cc1ccccc1)NC(=O)[C@H](CCCN=C(N)N)NC(=O)[C@H](Cc1c[nH]c2ccccc12)NC(=O)[C@H](CC(N)=O)NC(=O)[C@H](Cc1ccccc1)NC(=O)[C@H](CC(N)=O)NC(=O)CN)C(=O)N[C@@H](Cc1ccccc1)C(=O)O. The van der Waals surface area contributed by atoms with Crippen LogP contribution in [-0.4, -0.2) is 143 Å². The van der Waals surface area contributed by atoms with Crippen LogP contribution in [0.4, 0.5) is 0 Å². The first-order chi connectivity index (χ1) is 41.0. The van der Waals surface area contributed by atoms with Crippen LogP contribution >= 0.6 is 0 Å². The minimum absolute atomic E-state index is 0.0213. The average molecular weight is 1190 g/mol. The Hall–Kier alpha value is -10.2. The van der Waals surface area contributed by atoms with E-state index in [1.165, 1.54) is 0 Å². The number of para-hydroxylation sites is 1. The summed E-state index contributed by atoms with van der Waals surface area (Å²) in [7, 11) is 0. The van der Waals surface area contributed by atoms with Gasteiger partial charge in [-0.25, -0.2) is 4.79 Å². The van der Waals surface area contributed by atoms with Crippen LogP contribution < -0.4 is 71.2 Å². The Morgan fingerprint density at radius 1 is 0.477 bits per heavy atom. The zero-order chi connectivity index (χ0) is 62.9. The number of hydrogen-bond donors (Lipinski definition) is 15. The van der Waals surface area contributed by atoms with Gasteiger partial charge in [0.25, 0.3) is 0 Å². The summed E-state index contributed by atoms with van der Waals surface area (Å²) in [5.41, 5.74) is 30.5. The number of aromatic nitrogens is 1. The zero-order valence-corrected chi connectivity index (χ0v) is 47.6. The molecule has 0 aliphatic rings. The molecule has 20 N–H and O–H groups in total. The number of carboxylic acid groups (broad SMARTS) is 1. The van der Waals surface area contributed by atoms with Crippen LogP contribution in [0.2, 0.25) is 0 Å². The Balaban J connectivity index is 1.47. The molecule has 27 nitrogen and oxygen atoms in total. The molecule has 5 rings (SSSR count). The summed E-state index contributed by atoms with van der Waals surface area (Å²) in [5.74, 6) is -11.7. The molecule has 27 heteroatoms. The van der Waals surface area contributed by atoms with Crippen molar-refractivity contribution in [2.45, 2.75) is 114 Å². The molecule has 0 aliphatic carbocycles. The molecule has 86 heavy (non-hydrogen) atoms. The lowest BCUT2D eigenvalue weighted by Crippen LogP contribution is -2.61. The Labute approximate surface area is 495 Å². The van der Waals surface area contributed by atoms with Crippen molar-refractivity contribution in [3.8, 4) is 0 Å². The molecular formula is C59H75N15O12. The highest BCUT2D eigenvalue weighted by atomic mass is 16.4. The molecule has 0 spiro atoms. The highest BCUT2D eigenvalue weighted by Crippen LogP contribution is 2.20. The number of nitrogens with one attached hydrogen (secondary N) is 9. The average Bonchev–Trinajstić information content (AvgIpc) is 2.99. The molecule has 0 unspecified atom stereocenters. The summed E-state index contributed by atoms with van der Waals surface area (Å²) in [6.07, 6.45) is -0.692. The van der Waals surface area contributed by atoms with Crippen LogP contribution in [0.25, 0.3) is 10.9 Å². The fraction of sp³-hybridized carbons (Fsp3) is 0.356. The minimum Gasteiger partial charge on any atom is -0.480 e. The molecule has 0 radical (unpaired) electrons. The lowest BCUT2D eigenvalue weighted by Gasteiger charge is -2.29. The molecule has 4 aromatic carbocycles. The summed E-state index contributed by atoms with van der Waals surface area (Å²) in [6.45, 7) is 2.70. The van der Waals surface area contributed by atoms with Gasteiger partial charge < -0.3 is 81.3 Å². The third-order valence-electron chi connectivity index (χ3n) is 13.6. The Bertz CT molecular complexity index is 3190. The summed E-state index contributed by atoms with van der Waals surface area (Å²) < 4.78 is 0. The van der Waals surface area contributed by atoms with Crippen LogP contribution in [0.1, 0.15) is 61.8 Å². The van der Waals surface area contributed by atoms with Crippen LogP contribution in [0.5, 0.6) is 0 Å². The molecule has 10 amide bonds. The second-order valence-electron chi connectivity index (χ2n) is 20.7. The van der Waals surface area contributed by atoms with Gasteiger partial charge in [0, 0.05) is 49.3 Å². The van der Waals surface area contributed by atoms with Crippen molar-refractivity contribution in [2.24, 2.45) is 39.6 Å². The van der Waals surface area contributed by atoms with E-state index in [-0.39, 0.29) is 51.0 Å². The molecule has 0 fully saturated rings. The van der Waals surface area contributed by atoms with Gasteiger partial charge in [0.2, 0.25) is 59.1 Å². The number of hydrogen-bond acceptors (Lipinski definition) is 13. The van der Waals surface area contributed by atoms with E-state index in [1.807, 2.05) is 0 Å². The second kappa shape index (κ2) is 33.2. The van der Waals surface area contributed by atoms with Crippen molar-refractivity contribution < 1.29 is 57.8 Å². The number of nitrogens with two attached hydrogens (primary N) is 5. The Kier molecular flexibility index (Phi) is 25.7. The van der Waals surface area contributed by atoms with E-state index in [9.17, 15) is 57.8 Å². The number of fused-ring (bicyclic) bond motifs is 1. The third-order valence-corrected chi connectivity index (χ3v) is 13.6. The first-order valence-electron chi connectivity index (χ1n) is 27.6. The molecule has 0 saturated carbocycles. The van der Waals surface area contributed by atoms with E-state index >= 15 is 0 Å². The third kappa shape index (κ3) is 21.5. The number of aromatic amines is 1. The fourth-order valence-electron chi connectivity index (χ4n) is 9.16. The number of carboxylic acids is 1. The number of benzene rings is 4. The van der Waals surface area contributed by atoms with E-state index in [4.69, 9.17) is 28.7 Å². The largest absolute Gasteiger partial charge is 0.480 e. The smallest absolute Gasteiger partial charge is 0.326 e. The quantitative estimate of drug-likeness (QED) is 0.0118. The van der Waals surface area contributed by atoms with E-state index < -0.39 is 139 Å². The van der Waals surface area contributed by atoms with Gasteiger partial charge in [-0.3, -0.25) is 52.9 Å². The van der Waals surface area contributed by atoms with Gasteiger partial charge in [0.05, 0.1) is 19.4 Å². The number of aliphatic imine (C=N–C) groups is 1. The number of guanidine groups is 1. The molecule has 8 atom stereocenters. The standard InChI is InChI=1S/C59H75N15O12/c1-33(2)50(57(84)73-46(58(85)86)27-36-19-10-5-11-20-36)74-56(83)42(26-35-17-8-4-9-18-35)69-51(78)40(23-14-24-65-59(63)64)68-53(80)43(28-37-32-66-39-22-13-12-21-38(37)39)71-55(82)45(30-48(62)76)72-52(79)41(25-34-15-6-3-7-16-34)70-54(81)44(29-47(61)75)67-49(77)31-60/h3-13,15-22,32-33,40-46,50,66H,14,23-31,60H2,1-2H3,(H2,61,75)(H2,62,76)(H,67,77)(H,68,80)(H,69,78)(H,70,81)(H,71,82)(H,72,79)(H,73,84)(H,74,83)(H,85,86)(H4,63,64,65)/t40-,41-,42-,43-,44-,45-,46-,50-/m0/s1. The van der Waals surface area contributed by atoms with Gasteiger partial charge in [-0.2, -0.15) is 0 Å². The summed E-state index contributed by atoms with van der Waals surface area (Å²) in [5, 5.41) is 31.2. The maximum Gasteiger partial charge on any atom is 0.326 e. The number of carbonyl (C=O) groups is 11. The van der Waals surface area contributed by atoms with Crippen molar-refractivity contribution >= 4 is 81.9 Å². The first kappa shape index (κ1) is 66.6. The van der Waals surface area contributed by atoms with Crippen molar-refractivity contribution in [1.82, 2.24) is 47.5 Å². The number of H-pyrrole nitrogens is 1. The van der Waals surface area contributed by atoms with Gasteiger partial charge in [-0.1, -0.05) is 123 Å². The van der Waals surface area contributed by atoms with Gasteiger partial charge in [-0.15, -0.1) is 0 Å². The van der Waals surface area contributed by atoms with E-state index in [0.29, 0.717) is 33.2 Å². The monoisotopic (exact) mass is 1190 g/mol. The number of primary amides is 2. The Morgan fingerprint density at radius 3 is 1.34 bits per heavy atom. The van der Waals surface area contributed by atoms with Crippen LogP contribution in [0.15, 0.2) is 126 Å². The lowest BCUT2D eigenvalue weighted by atomic mass is 9.99. The second-order valence-corrected chi connectivity index (χ2v) is 20.7. The molecular weight excluding hydrogens is 1110 g/mol. The van der Waals surface area contributed by atoms with E-state index in [2.05, 4.69) is 52.5 Å². The van der Waals surface area contributed by atoms with Crippen molar-refractivity contribution in [3.63, 3.8) is 0 Å². The van der Waals surface area contributed by atoms with Crippen LogP contribution in [0.3, 0.4) is 0 Å². The highest BCUT2D eigenvalue weighted by Gasteiger charge is 2.37. The van der Waals surface area contributed by atoms with Gasteiger partial charge in [-0.05, 0) is 47.1 Å². The predicted molar refractivity (Wildman–Crippen MR) is 317 cm³/mol. The molecule has 458 valence electrons. The van der Waals surface area contributed by atoms with Crippen LogP contribution in [-0.2, 0) is 78.4 Å². The molecule has 0 saturated heterocycles. The maximum atomic E-state index is 14.9. The number of amides is 10. The lowest BCUT2D eigenvalue weighted by molar-refractivity contribution is -0.142. The van der Waals surface area contributed by atoms with Gasteiger partial charge in [0.15, 0.2) is 5.96 Å². The topological polar surface area (TPSA) is 462 Å². The first-order valence-corrected chi connectivity index (χ1v) is 27.6. The molecule has 5 aromatic rings. The molecule has 0 aliphatic heterocycles. The molecule has 0 bridgehead atoms. The van der Waals surface area contributed by atoms with Crippen molar-refractivity contribution in [1.29, 1.82) is 0 Å². The predicted octanol–water partition coefficient (Wildman–Crippen LogP) is -2.18. The minimum atomic E-state index is -1.82.